The lowest BCUT2D eigenvalue weighted by Gasteiger charge is -2.30. The zero-order valence-corrected chi connectivity index (χ0v) is 14.6. The first-order valence-corrected chi connectivity index (χ1v) is 9.37. The van der Waals surface area contributed by atoms with Crippen LogP contribution in [0.15, 0.2) is 29.2 Å². The standard InChI is InChI=1S/C16H22N2O5S/c1-3-23-16(20)15(19)17-13-6-8-14(9-7-13)24(21,22)18-10-4-5-12(2)11-18/h6-9,12H,3-5,10-11H2,1-2H3,(H,17,19). The van der Waals surface area contributed by atoms with Crippen molar-refractivity contribution < 1.29 is 22.7 Å². The monoisotopic (exact) mass is 354 g/mol. The van der Waals surface area contributed by atoms with E-state index >= 15 is 0 Å². The summed E-state index contributed by atoms with van der Waals surface area (Å²) in [6.07, 6.45) is 1.89. The number of esters is 1. The Bertz CT molecular complexity index is 700. The first-order valence-electron chi connectivity index (χ1n) is 7.93. The third-order valence-electron chi connectivity index (χ3n) is 3.83. The van der Waals surface area contributed by atoms with Crippen molar-refractivity contribution in [3.63, 3.8) is 0 Å². The van der Waals surface area contributed by atoms with Crippen LogP contribution in [-0.4, -0.2) is 44.3 Å². The van der Waals surface area contributed by atoms with Gasteiger partial charge in [0.2, 0.25) is 10.0 Å². The number of hydrogen-bond acceptors (Lipinski definition) is 5. The normalized spacial score (nSPS) is 18.8. The second kappa shape index (κ2) is 7.76. The Morgan fingerprint density at radius 2 is 1.96 bits per heavy atom. The molecular formula is C16H22N2O5S. The SMILES string of the molecule is CCOC(=O)C(=O)Nc1ccc(S(=O)(=O)N2CCCC(C)C2)cc1. The highest BCUT2D eigenvalue weighted by molar-refractivity contribution is 7.89. The molecule has 0 aliphatic carbocycles. The van der Waals surface area contributed by atoms with Crippen molar-refractivity contribution in [2.75, 3.05) is 25.0 Å². The number of rotatable bonds is 4. The zero-order chi connectivity index (χ0) is 17.7. The summed E-state index contributed by atoms with van der Waals surface area (Å²) in [6.45, 7) is 4.79. The highest BCUT2D eigenvalue weighted by Gasteiger charge is 2.28. The molecule has 1 aromatic carbocycles. The second-order valence-corrected chi connectivity index (χ2v) is 7.75. The van der Waals surface area contributed by atoms with Crippen LogP contribution >= 0.6 is 0 Å². The molecule has 1 aromatic rings. The van der Waals surface area contributed by atoms with E-state index < -0.39 is 21.9 Å². The van der Waals surface area contributed by atoms with Gasteiger partial charge in [0.25, 0.3) is 0 Å². The van der Waals surface area contributed by atoms with E-state index in [9.17, 15) is 18.0 Å². The van der Waals surface area contributed by atoms with E-state index in [-0.39, 0.29) is 11.5 Å². The number of amides is 1. The Kier molecular flexibility index (Phi) is 5.95. The smallest absolute Gasteiger partial charge is 0.397 e. The minimum Gasteiger partial charge on any atom is -0.459 e. The van der Waals surface area contributed by atoms with Crippen LogP contribution < -0.4 is 5.32 Å². The van der Waals surface area contributed by atoms with Gasteiger partial charge in [-0.1, -0.05) is 6.92 Å². The lowest BCUT2D eigenvalue weighted by molar-refractivity contribution is -0.152. The van der Waals surface area contributed by atoms with Crippen LogP contribution in [-0.2, 0) is 24.3 Å². The van der Waals surface area contributed by atoms with Crippen molar-refractivity contribution in [1.29, 1.82) is 0 Å². The highest BCUT2D eigenvalue weighted by Crippen LogP contribution is 2.24. The minimum atomic E-state index is -3.54. The number of nitrogens with one attached hydrogen (secondary N) is 1. The fraction of sp³-hybridized carbons (Fsp3) is 0.500. The molecule has 1 heterocycles. The summed E-state index contributed by atoms with van der Waals surface area (Å²) in [6, 6.07) is 5.76. The number of hydrogen-bond donors (Lipinski definition) is 1. The van der Waals surface area contributed by atoms with Gasteiger partial charge in [0.05, 0.1) is 11.5 Å². The van der Waals surface area contributed by atoms with Crippen molar-refractivity contribution >= 4 is 27.6 Å². The largest absolute Gasteiger partial charge is 0.459 e. The second-order valence-electron chi connectivity index (χ2n) is 5.81. The predicted molar refractivity (Wildman–Crippen MR) is 88.9 cm³/mol. The zero-order valence-electron chi connectivity index (χ0n) is 13.8. The van der Waals surface area contributed by atoms with Gasteiger partial charge in [-0.3, -0.25) is 4.79 Å². The maximum Gasteiger partial charge on any atom is 0.397 e. The molecule has 0 spiro atoms. The molecule has 1 amide bonds. The molecule has 1 fully saturated rings. The van der Waals surface area contributed by atoms with Crippen molar-refractivity contribution in [1.82, 2.24) is 4.31 Å². The van der Waals surface area contributed by atoms with Gasteiger partial charge in [-0.05, 0) is 49.9 Å². The van der Waals surface area contributed by atoms with Gasteiger partial charge in [0, 0.05) is 18.8 Å². The van der Waals surface area contributed by atoms with Crippen molar-refractivity contribution in [2.24, 2.45) is 5.92 Å². The maximum absolute atomic E-state index is 12.6. The number of benzene rings is 1. The molecule has 1 N–H and O–H groups in total. The molecule has 0 saturated carbocycles. The molecule has 7 nitrogen and oxygen atoms in total. The Morgan fingerprint density at radius 1 is 1.29 bits per heavy atom. The first-order chi connectivity index (χ1) is 11.3. The molecule has 132 valence electrons. The average Bonchev–Trinajstić information content (AvgIpc) is 2.55. The fourth-order valence-electron chi connectivity index (χ4n) is 2.60. The van der Waals surface area contributed by atoms with Gasteiger partial charge in [0.1, 0.15) is 0 Å². The molecule has 0 aromatic heterocycles. The van der Waals surface area contributed by atoms with Gasteiger partial charge >= 0.3 is 11.9 Å². The Morgan fingerprint density at radius 3 is 2.54 bits per heavy atom. The van der Waals surface area contributed by atoms with Crippen LogP contribution in [0.25, 0.3) is 0 Å². The highest BCUT2D eigenvalue weighted by atomic mass is 32.2. The van der Waals surface area contributed by atoms with Crippen LogP contribution in [0.2, 0.25) is 0 Å². The van der Waals surface area contributed by atoms with Crippen molar-refractivity contribution in [3.05, 3.63) is 24.3 Å². The average molecular weight is 354 g/mol. The summed E-state index contributed by atoms with van der Waals surface area (Å²) < 4.78 is 31.3. The van der Waals surface area contributed by atoms with Gasteiger partial charge in [-0.2, -0.15) is 4.31 Å². The predicted octanol–water partition coefficient (Wildman–Crippen LogP) is 1.61. The maximum atomic E-state index is 12.6. The van der Waals surface area contributed by atoms with Crippen LogP contribution in [0.5, 0.6) is 0 Å². The van der Waals surface area contributed by atoms with Crippen molar-refractivity contribution in [3.8, 4) is 0 Å². The minimum absolute atomic E-state index is 0.109. The van der Waals surface area contributed by atoms with Crippen molar-refractivity contribution in [2.45, 2.75) is 31.6 Å². The lowest BCUT2D eigenvalue weighted by Crippen LogP contribution is -2.39. The van der Waals surface area contributed by atoms with E-state index in [1.807, 2.05) is 6.92 Å². The molecule has 24 heavy (non-hydrogen) atoms. The number of carbonyl (C=O) groups is 2. The molecule has 1 aliphatic rings. The third-order valence-corrected chi connectivity index (χ3v) is 5.71. The number of nitrogens with zero attached hydrogens (tertiary/aromatic N) is 1. The number of ether oxygens (including phenoxy) is 1. The van der Waals surface area contributed by atoms with E-state index in [0.29, 0.717) is 24.7 Å². The van der Waals surface area contributed by atoms with Crippen LogP contribution in [0.3, 0.4) is 0 Å². The Labute approximate surface area is 142 Å². The topological polar surface area (TPSA) is 92.8 Å². The number of piperidine rings is 1. The quantitative estimate of drug-likeness (QED) is 0.655. The molecule has 1 saturated heterocycles. The van der Waals surface area contributed by atoms with E-state index in [2.05, 4.69) is 10.1 Å². The third kappa shape index (κ3) is 4.33. The fourth-order valence-corrected chi connectivity index (χ4v) is 4.20. The number of carbonyl (C=O) groups excluding carboxylic acids is 2. The van der Waals surface area contributed by atoms with Gasteiger partial charge in [-0.15, -0.1) is 0 Å². The van der Waals surface area contributed by atoms with E-state index in [0.717, 1.165) is 12.8 Å². The molecule has 1 aliphatic heterocycles. The molecular weight excluding hydrogens is 332 g/mol. The van der Waals surface area contributed by atoms with Crippen LogP contribution in [0, 0.1) is 5.92 Å². The molecule has 1 atom stereocenters. The van der Waals surface area contributed by atoms with E-state index in [4.69, 9.17) is 0 Å². The van der Waals surface area contributed by atoms with E-state index in [1.54, 1.807) is 6.92 Å². The van der Waals surface area contributed by atoms with Crippen LogP contribution in [0.1, 0.15) is 26.7 Å². The molecule has 0 radical (unpaired) electrons. The first kappa shape index (κ1) is 18.4. The molecule has 0 bridgehead atoms. The summed E-state index contributed by atoms with van der Waals surface area (Å²) >= 11 is 0. The van der Waals surface area contributed by atoms with Crippen LogP contribution in [0.4, 0.5) is 5.69 Å². The van der Waals surface area contributed by atoms with Gasteiger partial charge in [0.15, 0.2) is 0 Å². The molecule has 1 unspecified atom stereocenters. The number of sulfonamides is 1. The summed E-state index contributed by atoms with van der Waals surface area (Å²) in [7, 11) is -3.54. The summed E-state index contributed by atoms with van der Waals surface area (Å²) in [4.78, 5) is 23.0. The molecule has 8 heteroatoms. The number of anilines is 1. The summed E-state index contributed by atoms with van der Waals surface area (Å²) in [5.41, 5.74) is 0.332. The van der Waals surface area contributed by atoms with Gasteiger partial charge in [-0.25, -0.2) is 13.2 Å². The summed E-state index contributed by atoms with van der Waals surface area (Å²) in [5.74, 6) is -1.52. The summed E-state index contributed by atoms with van der Waals surface area (Å²) in [5, 5.41) is 2.37. The Balaban J connectivity index is 2.08. The molecule has 2 rings (SSSR count). The lowest BCUT2D eigenvalue weighted by atomic mass is 10.0. The van der Waals surface area contributed by atoms with Gasteiger partial charge < -0.3 is 10.1 Å². The van der Waals surface area contributed by atoms with E-state index in [1.165, 1.54) is 28.6 Å². The Hall–Kier alpha value is -1.93.